The molecule has 54 heavy (non-hydrogen) atoms. The van der Waals surface area contributed by atoms with Crippen molar-refractivity contribution in [3.05, 3.63) is 93.8 Å². The molecular weight excluding hydrogens is 704 g/mol. The van der Waals surface area contributed by atoms with E-state index in [1.54, 1.807) is 32.2 Å². The van der Waals surface area contributed by atoms with Crippen LogP contribution in [0.5, 0.6) is 11.8 Å². The number of hydrogen-bond donors (Lipinski definition) is 2. The maximum atomic E-state index is 12.1. The molecule has 17 heteroatoms. The number of pyridine rings is 2. The summed E-state index contributed by atoms with van der Waals surface area (Å²) in [5.41, 5.74) is 2.17. The summed E-state index contributed by atoms with van der Waals surface area (Å²) >= 11 is 0. The van der Waals surface area contributed by atoms with E-state index in [1.165, 1.54) is 36.5 Å². The van der Waals surface area contributed by atoms with Gasteiger partial charge >= 0.3 is 6.61 Å². The van der Waals surface area contributed by atoms with Crippen molar-refractivity contribution in [2.45, 2.75) is 66.8 Å². The van der Waals surface area contributed by atoms with Crippen molar-refractivity contribution in [3.63, 3.8) is 0 Å². The smallest absolute Gasteiger partial charge is 0.388 e. The summed E-state index contributed by atoms with van der Waals surface area (Å²) in [6.07, 6.45) is 3.85. The van der Waals surface area contributed by atoms with Crippen LogP contribution in [-0.2, 0) is 22.7 Å². The van der Waals surface area contributed by atoms with Gasteiger partial charge in [-0.2, -0.15) is 19.0 Å². The Bertz CT molecular complexity index is 1910. The molecule has 296 valence electrons. The molecule has 0 saturated heterocycles. The first-order chi connectivity index (χ1) is 25.7. The zero-order chi connectivity index (χ0) is 40.2. The van der Waals surface area contributed by atoms with Crippen molar-refractivity contribution in [1.82, 2.24) is 45.1 Å². The van der Waals surface area contributed by atoms with Crippen molar-refractivity contribution in [2.75, 3.05) is 33.8 Å². The fourth-order valence-corrected chi connectivity index (χ4v) is 4.24. The van der Waals surface area contributed by atoms with Gasteiger partial charge in [-0.1, -0.05) is 26.0 Å². The number of alkyl halides is 2. The molecule has 0 fully saturated rings. The van der Waals surface area contributed by atoms with Crippen molar-refractivity contribution in [1.29, 1.82) is 0 Å². The normalized spacial score (nSPS) is 11.0. The number of ether oxygens (including phenoxy) is 2. The van der Waals surface area contributed by atoms with Gasteiger partial charge in [-0.15, -0.1) is 0 Å². The minimum atomic E-state index is -2.96. The lowest BCUT2D eigenvalue weighted by atomic mass is 10.2. The molecule has 0 aliphatic carbocycles. The molecule has 0 spiro atoms. The minimum Gasteiger partial charge on any atom is -0.478 e. The van der Waals surface area contributed by atoms with Gasteiger partial charge in [-0.3, -0.25) is 19.2 Å². The van der Waals surface area contributed by atoms with Gasteiger partial charge in [0.2, 0.25) is 23.6 Å². The van der Waals surface area contributed by atoms with E-state index in [2.05, 4.69) is 47.0 Å². The molecule has 0 unspecified atom stereocenters. The number of halogens is 2. The summed E-state index contributed by atoms with van der Waals surface area (Å²) in [5, 5.41) is 13.7. The van der Waals surface area contributed by atoms with Crippen molar-refractivity contribution in [3.8, 4) is 34.3 Å². The Morgan fingerprint density at radius 1 is 0.870 bits per heavy atom. The number of hydrogen-bond acceptors (Lipinski definition) is 11. The second-order valence-electron chi connectivity index (χ2n) is 11.7. The topological polar surface area (TPSA) is 175 Å². The Morgan fingerprint density at radius 3 is 1.83 bits per heavy atom. The molecule has 4 aromatic rings. The predicted molar refractivity (Wildman–Crippen MR) is 205 cm³/mol. The third-order valence-corrected chi connectivity index (χ3v) is 7.08. The molecule has 15 nitrogen and oxygen atoms in total. The highest BCUT2D eigenvalue weighted by atomic mass is 19.3. The molecule has 0 aliphatic rings. The molecule has 0 aliphatic heterocycles. The standard InChI is InChI=1S/C18H25N5O3.C17H18F2N4O3.C2H6.2H2/c1-4-19-16(24)13-23-18(25)9-7-15(21-23)14-6-8-17(20-12-14)26-11-5-10-22(2)3;1-10(2)11(3)21-14(24)9-23-16(25)7-5-13(22-23)12-4-6-15(20-8-12)26-17(18)19;1-2;;/h6-9,12H,4-5,10-11,13H2,1-3H3,(H,19,24);4-8,11,17H,1,9H2,2-3H3,(H,21,24);1-2H3;2*1H/t;11-;;;/m.0.../s1. The number of likely N-dealkylation sites (N-methyl/N-ethyl adjacent to an activating group) is 1. The van der Waals surface area contributed by atoms with Crippen LogP contribution in [0, 0.1) is 0 Å². The first kappa shape index (κ1) is 44.3. The highest BCUT2D eigenvalue weighted by Crippen LogP contribution is 2.19. The molecule has 0 saturated carbocycles. The van der Waals surface area contributed by atoms with Gasteiger partial charge in [0.25, 0.3) is 11.1 Å². The van der Waals surface area contributed by atoms with E-state index in [0.717, 1.165) is 33.5 Å². The summed E-state index contributed by atoms with van der Waals surface area (Å²) in [6, 6.07) is 11.8. The monoisotopic (exact) mass is 757 g/mol. The predicted octanol–water partition coefficient (Wildman–Crippen LogP) is 4.28. The van der Waals surface area contributed by atoms with Crippen LogP contribution in [0.1, 0.15) is 43.9 Å². The molecule has 0 bridgehead atoms. The molecule has 2 amide bonds. The Hall–Kier alpha value is -5.84. The van der Waals surface area contributed by atoms with E-state index in [1.807, 2.05) is 40.9 Å². The summed E-state index contributed by atoms with van der Waals surface area (Å²) in [4.78, 5) is 57.6. The van der Waals surface area contributed by atoms with Crippen LogP contribution >= 0.6 is 0 Å². The van der Waals surface area contributed by atoms with Crippen LogP contribution in [0.25, 0.3) is 22.5 Å². The van der Waals surface area contributed by atoms with Crippen LogP contribution in [-0.4, -0.2) is 92.7 Å². The van der Waals surface area contributed by atoms with Crippen LogP contribution in [0.3, 0.4) is 0 Å². The fraction of sp³-hybridized carbons (Fsp3) is 0.405. The molecule has 4 aromatic heterocycles. The number of nitrogens with zero attached hydrogens (tertiary/aromatic N) is 7. The summed E-state index contributed by atoms with van der Waals surface area (Å²) in [5.74, 6) is -0.321. The van der Waals surface area contributed by atoms with Gasteiger partial charge < -0.3 is 25.0 Å². The van der Waals surface area contributed by atoms with E-state index >= 15 is 0 Å². The highest BCUT2D eigenvalue weighted by molar-refractivity contribution is 5.76. The molecule has 0 radical (unpaired) electrons. The summed E-state index contributed by atoms with van der Waals surface area (Å²) in [6.45, 7) is 11.9. The van der Waals surface area contributed by atoms with Gasteiger partial charge in [-0.05, 0) is 65.6 Å². The highest BCUT2D eigenvalue weighted by Gasteiger charge is 2.13. The van der Waals surface area contributed by atoms with Gasteiger partial charge in [0, 0.05) is 69.8 Å². The van der Waals surface area contributed by atoms with Crippen LogP contribution in [0.2, 0.25) is 0 Å². The molecular formula is C37H53F2N9O6. The average molecular weight is 758 g/mol. The van der Waals surface area contributed by atoms with E-state index < -0.39 is 12.2 Å². The Morgan fingerprint density at radius 2 is 1.39 bits per heavy atom. The lowest BCUT2D eigenvalue weighted by Crippen LogP contribution is -2.38. The first-order valence-electron chi connectivity index (χ1n) is 17.3. The van der Waals surface area contributed by atoms with Crippen molar-refractivity contribution < 1.29 is 30.7 Å². The third-order valence-electron chi connectivity index (χ3n) is 7.08. The van der Waals surface area contributed by atoms with Crippen molar-refractivity contribution in [2.24, 2.45) is 0 Å². The maximum absolute atomic E-state index is 12.1. The average Bonchev–Trinajstić information content (AvgIpc) is 3.13. The second-order valence-corrected chi connectivity index (χ2v) is 11.7. The SMILES string of the molecule is C=C(C)[C@H](C)NC(=O)Cn1nc(-c2ccc(OC(F)F)nc2)ccc1=O.CC.CCNC(=O)Cn1nc(-c2ccc(OCCCN(C)C)nc2)ccc1=O.[HH].[HH]. The Labute approximate surface area is 316 Å². The Kier molecular flexibility index (Phi) is 18.8. The van der Waals surface area contributed by atoms with Crippen LogP contribution in [0.15, 0.2) is 82.7 Å². The minimum absolute atomic E-state index is 0. The number of aromatic nitrogens is 6. The third kappa shape index (κ3) is 15.4. The van der Waals surface area contributed by atoms with E-state index in [0.29, 0.717) is 36.0 Å². The first-order valence-corrected chi connectivity index (χ1v) is 17.3. The van der Waals surface area contributed by atoms with Gasteiger partial charge in [0.15, 0.2) is 0 Å². The summed E-state index contributed by atoms with van der Waals surface area (Å²) < 4.78 is 36.2. The Balaban J connectivity index is 0.00000100. The zero-order valence-electron chi connectivity index (χ0n) is 31.7. The molecule has 0 aromatic carbocycles. The van der Waals surface area contributed by atoms with Gasteiger partial charge in [0.05, 0.1) is 18.0 Å². The molecule has 4 rings (SSSR count). The lowest BCUT2D eigenvalue weighted by Gasteiger charge is -2.14. The van der Waals surface area contributed by atoms with E-state index in [9.17, 15) is 28.0 Å². The number of amides is 2. The summed E-state index contributed by atoms with van der Waals surface area (Å²) in [7, 11) is 4.04. The molecule has 4 heterocycles. The largest absolute Gasteiger partial charge is 0.478 e. The number of carbonyl (C=O) groups is 2. The lowest BCUT2D eigenvalue weighted by molar-refractivity contribution is -0.122. The van der Waals surface area contributed by atoms with Crippen molar-refractivity contribution >= 4 is 11.8 Å². The van der Waals surface area contributed by atoms with Crippen LogP contribution < -0.4 is 31.2 Å². The van der Waals surface area contributed by atoms with Crippen LogP contribution in [0.4, 0.5) is 8.78 Å². The van der Waals surface area contributed by atoms with E-state index in [4.69, 9.17) is 4.74 Å². The number of nitrogens with one attached hydrogen (secondary N) is 2. The maximum Gasteiger partial charge on any atom is 0.388 e. The second kappa shape index (κ2) is 23.0. The fourth-order valence-electron chi connectivity index (χ4n) is 4.24. The van der Waals surface area contributed by atoms with Gasteiger partial charge in [0.1, 0.15) is 13.1 Å². The zero-order valence-corrected chi connectivity index (χ0v) is 31.7. The van der Waals surface area contributed by atoms with E-state index in [-0.39, 0.29) is 45.2 Å². The van der Waals surface area contributed by atoms with Gasteiger partial charge in [-0.25, -0.2) is 19.3 Å². The quantitative estimate of drug-likeness (QED) is 0.123. The molecule has 2 N–H and O–H groups in total. The number of rotatable bonds is 16. The molecule has 1 atom stereocenters. The number of carbonyl (C=O) groups excluding carboxylic acids is 2.